The molecule has 0 saturated carbocycles. The number of nitriles is 1. The monoisotopic (exact) mass is 232 g/mol. The van der Waals surface area contributed by atoms with E-state index in [1.807, 2.05) is 39.0 Å². The van der Waals surface area contributed by atoms with Crippen LogP contribution < -0.4 is 5.32 Å². The fraction of sp³-hybridized carbons (Fsp3) is 0.500. The minimum Gasteiger partial charge on any atom is -0.388 e. The quantitative estimate of drug-likeness (QED) is 0.820. The van der Waals surface area contributed by atoms with E-state index in [2.05, 4.69) is 11.4 Å². The van der Waals surface area contributed by atoms with Crippen molar-refractivity contribution in [1.82, 2.24) is 0 Å². The van der Waals surface area contributed by atoms with Crippen LogP contribution in [0.4, 0.5) is 5.69 Å². The van der Waals surface area contributed by atoms with E-state index < -0.39 is 5.60 Å². The van der Waals surface area contributed by atoms with Crippen LogP contribution in [0.2, 0.25) is 0 Å². The highest BCUT2D eigenvalue weighted by Gasteiger charge is 2.21. The van der Waals surface area contributed by atoms with Gasteiger partial charge in [-0.1, -0.05) is 19.9 Å². The van der Waals surface area contributed by atoms with Crippen molar-refractivity contribution in [3.8, 4) is 6.07 Å². The van der Waals surface area contributed by atoms with E-state index in [0.29, 0.717) is 24.9 Å². The van der Waals surface area contributed by atoms with Gasteiger partial charge in [0, 0.05) is 6.54 Å². The normalized spacial score (nSPS) is 11.0. The number of nitrogens with zero attached hydrogens (tertiary/aromatic N) is 1. The Morgan fingerprint density at radius 2 is 2.00 bits per heavy atom. The van der Waals surface area contributed by atoms with E-state index in [9.17, 15) is 5.11 Å². The van der Waals surface area contributed by atoms with Gasteiger partial charge >= 0.3 is 0 Å². The Labute approximate surface area is 103 Å². The summed E-state index contributed by atoms with van der Waals surface area (Å²) in [4.78, 5) is 0. The van der Waals surface area contributed by atoms with Crippen LogP contribution in [0.15, 0.2) is 18.2 Å². The van der Waals surface area contributed by atoms with Crippen LogP contribution in [0, 0.1) is 18.3 Å². The van der Waals surface area contributed by atoms with Gasteiger partial charge in [0.2, 0.25) is 0 Å². The van der Waals surface area contributed by atoms with Crippen molar-refractivity contribution in [2.24, 2.45) is 0 Å². The van der Waals surface area contributed by atoms with Gasteiger partial charge in [0.25, 0.3) is 0 Å². The summed E-state index contributed by atoms with van der Waals surface area (Å²) in [5.74, 6) is 0. The van der Waals surface area contributed by atoms with Gasteiger partial charge in [-0.25, -0.2) is 0 Å². The standard InChI is InChI=1S/C14H20N2O/c1-4-14(17,5-2)10-16-13-7-6-11(3)8-12(13)9-15/h6-8,16-17H,4-5,10H2,1-3H3. The summed E-state index contributed by atoms with van der Waals surface area (Å²) < 4.78 is 0. The topological polar surface area (TPSA) is 56.0 Å². The molecule has 2 N–H and O–H groups in total. The zero-order valence-electron chi connectivity index (χ0n) is 10.7. The predicted octanol–water partition coefficient (Wildman–Crippen LogP) is 2.83. The molecule has 0 saturated heterocycles. The van der Waals surface area contributed by atoms with Crippen molar-refractivity contribution in [1.29, 1.82) is 5.26 Å². The zero-order chi connectivity index (χ0) is 12.9. The molecular weight excluding hydrogens is 212 g/mol. The first-order chi connectivity index (χ1) is 8.04. The van der Waals surface area contributed by atoms with Crippen molar-refractivity contribution >= 4 is 5.69 Å². The molecule has 0 spiro atoms. The van der Waals surface area contributed by atoms with Crippen molar-refractivity contribution in [2.75, 3.05) is 11.9 Å². The fourth-order valence-corrected chi connectivity index (χ4v) is 1.66. The molecule has 1 aromatic carbocycles. The van der Waals surface area contributed by atoms with Crippen molar-refractivity contribution in [3.63, 3.8) is 0 Å². The predicted molar refractivity (Wildman–Crippen MR) is 69.9 cm³/mol. The molecule has 0 aliphatic rings. The van der Waals surface area contributed by atoms with Gasteiger partial charge < -0.3 is 10.4 Å². The Balaban J connectivity index is 2.80. The van der Waals surface area contributed by atoms with Crippen LogP contribution in [0.3, 0.4) is 0 Å². The lowest BCUT2D eigenvalue weighted by Gasteiger charge is -2.26. The Morgan fingerprint density at radius 3 is 2.53 bits per heavy atom. The molecule has 0 aliphatic carbocycles. The van der Waals surface area contributed by atoms with Crippen LogP contribution in [0.25, 0.3) is 0 Å². The molecule has 0 aliphatic heterocycles. The molecule has 0 heterocycles. The number of benzene rings is 1. The summed E-state index contributed by atoms with van der Waals surface area (Å²) >= 11 is 0. The Hall–Kier alpha value is -1.53. The smallest absolute Gasteiger partial charge is 0.101 e. The molecule has 0 radical (unpaired) electrons. The van der Waals surface area contributed by atoms with Crippen molar-refractivity contribution in [3.05, 3.63) is 29.3 Å². The lowest BCUT2D eigenvalue weighted by molar-refractivity contribution is 0.0457. The van der Waals surface area contributed by atoms with Crippen LogP contribution >= 0.6 is 0 Å². The molecule has 17 heavy (non-hydrogen) atoms. The van der Waals surface area contributed by atoms with Gasteiger partial charge in [-0.3, -0.25) is 0 Å². The van der Waals surface area contributed by atoms with E-state index in [4.69, 9.17) is 5.26 Å². The van der Waals surface area contributed by atoms with Gasteiger partial charge in [-0.2, -0.15) is 5.26 Å². The largest absolute Gasteiger partial charge is 0.388 e. The van der Waals surface area contributed by atoms with Crippen LogP contribution in [0.5, 0.6) is 0 Å². The summed E-state index contributed by atoms with van der Waals surface area (Å²) in [7, 11) is 0. The first-order valence-electron chi connectivity index (χ1n) is 6.01. The fourth-order valence-electron chi connectivity index (χ4n) is 1.66. The third kappa shape index (κ3) is 3.47. The van der Waals surface area contributed by atoms with Gasteiger partial charge in [0.1, 0.15) is 6.07 Å². The second-order valence-electron chi connectivity index (χ2n) is 4.45. The lowest BCUT2D eigenvalue weighted by atomic mass is 9.97. The number of nitrogens with one attached hydrogen (secondary N) is 1. The van der Waals surface area contributed by atoms with Gasteiger partial charge in [-0.15, -0.1) is 0 Å². The summed E-state index contributed by atoms with van der Waals surface area (Å²) in [6.07, 6.45) is 1.40. The minimum absolute atomic E-state index is 0.470. The van der Waals surface area contributed by atoms with E-state index in [1.54, 1.807) is 0 Å². The van der Waals surface area contributed by atoms with Crippen molar-refractivity contribution < 1.29 is 5.11 Å². The number of hydrogen-bond acceptors (Lipinski definition) is 3. The first-order valence-corrected chi connectivity index (χ1v) is 6.01. The van der Waals surface area contributed by atoms with E-state index in [-0.39, 0.29) is 0 Å². The molecule has 0 aromatic heterocycles. The van der Waals surface area contributed by atoms with E-state index >= 15 is 0 Å². The van der Waals surface area contributed by atoms with Crippen molar-refractivity contribution in [2.45, 2.75) is 39.2 Å². The molecule has 3 nitrogen and oxygen atoms in total. The molecule has 0 bridgehead atoms. The Bertz CT molecular complexity index is 417. The highest BCUT2D eigenvalue weighted by Crippen LogP contribution is 2.20. The molecule has 0 unspecified atom stereocenters. The molecule has 0 atom stereocenters. The summed E-state index contributed by atoms with van der Waals surface area (Å²) in [5, 5.41) is 22.4. The average molecular weight is 232 g/mol. The van der Waals surface area contributed by atoms with Gasteiger partial charge in [0.05, 0.1) is 16.9 Å². The van der Waals surface area contributed by atoms with Crippen LogP contribution in [-0.4, -0.2) is 17.3 Å². The number of aryl methyl sites for hydroxylation is 1. The van der Waals surface area contributed by atoms with Gasteiger partial charge in [0.15, 0.2) is 0 Å². The zero-order valence-corrected chi connectivity index (χ0v) is 10.7. The summed E-state index contributed by atoms with van der Waals surface area (Å²) in [5.41, 5.74) is 1.78. The molecule has 3 heteroatoms. The molecule has 0 amide bonds. The van der Waals surface area contributed by atoms with Crippen LogP contribution in [-0.2, 0) is 0 Å². The third-order valence-electron chi connectivity index (χ3n) is 3.22. The number of rotatable bonds is 5. The second kappa shape index (κ2) is 5.70. The summed E-state index contributed by atoms with van der Waals surface area (Å²) in [6, 6.07) is 7.86. The summed E-state index contributed by atoms with van der Waals surface area (Å²) in [6.45, 7) is 6.35. The van der Waals surface area contributed by atoms with E-state index in [0.717, 1.165) is 11.3 Å². The highest BCUT2D eigenvalue weighted by atomic mass is 16.3. The van der Waals surface area contributed by atoms with Crippen LogP contribution in [0.1, 0.15) is 37.8 Å². The first kappa shape index (κ1) is 13.5. The minimum atomic E-state index is -0.697. The maximum Gasteiger partial charge on any atom is 0.101 e. The molecule has 1 aromatic rings. The number of hydrogen-bond donors (Lipinski definition) is 2. The number of aliphatic hydroxyl groups is 1. The maximum absolute atomic E-state index is 10.2. The maximum atomic E-state index is 10.2. The van der Waals surface area contributed by atoms with Gasteiger partial charge in [-0.05, 0) is 37.5 Å². The Morgan fingerprint density at radius 1 is 1.35 bits per heavy atom. The highest BCUT2D eigenvalue weighted by molar-refractivity contribution is 5.58. The number of anilines is 1. The molecule has 92 valence electrons. The second-order valence-corrected chi connectivity index (χ2v) is 4.45. The molecule has 1 rings (SSSR count). The third-order valence-corrected chi connectivity index (χ3v) is 3.22. The lowest BCUT2D eigenvalue weighted by Crippen LogP contribution is -2.35. The molecule has 0 fully saturated rings. The Kier molecular flexibility index (Phi) is 4.53. The molecular formula is C14H20N2O. The SMILES string of the molecule is CCC(O)(CC)CNc1ccc(C)cc1C#N. The van der Waals surface area contributed by atoms with E-state index in [1.165, 1.54) is 0 Å². The average Bonchev–Trinajstić information content (AvgIpc) is 2.36.